The van der Waals surface area contributed by atoms with Crippen LogP contribution in [0.4, 0.5) is 0 Å². The van der Waals surface area contributed by atoms with E-state index in [0.29, 0.717) is 36.1 Å². The van der Waals surface area contributed by atoms with E-state index in [1.165, 1.54) is 11.6 Å². The third-order valence-electron chi connectivity index (χ3n) is 11.0. The Kier molecular flexibility index (Phi) is 8.35. The molecule has 0 amide bonds. The van der Waals surface area contributed by atoms with Gasteiger partial charge in [-0.05, 0) is 93.2 Å². The average Bonchev–Trinajstić information content (AvgIpc) is 3.12. The van der Waals surface area contributed by atoms with Crippen molar-refractivity contribution in [3.63, 3.8) is 0 Å². The van der Waals surface area contributed by atoms with Crippen molar-refractivity contribution in [2.75, 3.05) is 6.61 Å². The van der Waals surface area contributed by atoms with Crippen molar-refractivity contribution >= 4 is 23.6 Å². The molecule has 48 heavy (non-hydrogen) atoms. The van der Waals surface area contributed by atoms with Gasteiger partial charge in [-0.15, -0.1) is 0 Å². The molecule has 0 aromatic heterocycles. The third kappa shape index (κ3) is 4.91. The number of carboxylic acids is 1. The van der Waals surface area contributed by atoms with Crippen LogP contribution in [0.2, 0.25) is 0 Å². The first-order valence-electron chi connectivity index (χ1n) is 17.1. The minimum absolute atomic E-state index is 0.0565. The number of carboxylic acid groups (broad SMARTS) is 1. The fourth-order valence-corrected chi connectivity index (χ4v) is 9.08. The number of phenolic OH excluding ortho intramolecular Hbond substituents is 1. The van der Waals surface area contributed by atoms with Gasteiger partial charge in [0, 0.05) is 36.5 Å². The molecule has 0 radical (unpaired) electrons. The monoisotopic (exact) mass is 660 g/mol. The number of carbonyl (C=O) groups excluding carboxylic acids is 2. The summed E-state index contributed by atoms with van der Waals surface area (Å²) in [7, 11) is 0. The van der Waals surface area contributed by atoms with Gasteiger partial charge in [0.05, 0.1) is 23.2 Å². The van der Waals surface area contributed by atoms with Gasteiger partial charge in [-0.1, -0.05) is 29.4 Å². The first kappa shape index (κ1) is 34.2. The van der Waals surface area contributed by atoms with Crippen molar-refractivity contribution in [3.05, 3.63) is 58.2 Å². The Morgan fingerprint density at radius 3 is 2.42 bits per heavy atom. The molecule has 3 saturated carbocycles. The summed E-state index contributed by atoms with van der Waals surface area (Å²) < 4.78 is 27.0. The highest BCUT2D eigenvalue weighted by molar-refractivity contribution is 6.10. The molecule has 7 atom stereocenters. The normalized spacial score (nSPS) is 33.4. The van der Waals surface area contributed by atoms with Gasteiger partial charge < -0.3 is 29.2 Å². The third-order valence-corrected chi connectivity index (χ3v) is 11.0. The second-order valence-electron chi connectivity index (χ2n) is 15.2. The second-order valence-corrected chi connectivity index (χ2v) is 15.2. The van der Waals surface area contributed by atoms with Crippen LogP contribution in [0, 0.1) is 17.8 Å². The summed E-state index contributed by atoms with van der Waals surface area (Å²) in [6, 6.07) is 0. The van der Waals surface area contributed by atoms with E-state index in [-0.39, 0.29) is 41.7 Å². The van der Waals surface area contributed by atoms with Crippen molar-refractivity contribution in [2.24, 2.45) is 17.8 Å². The number of hydrogen-bond donors (Lipinski definition) is 2. The molecular weight excluding hydrogens is 612 g/mol. The molecule has 3 aliphatic carbocycles. The van der Waals surface area contributed by atoms with Crippen LogP contribution in [0.25, 0.3) is 6.08 Å². The largest absolute Gasteiger partial charge is 0.506 e. The molecule has 6 aliphatic rings. The molecule has 2 N–H and O–H groups in total. The predicted molar refractivity (Wildman–Crippen MR) is 180 cm³/mol. The van der Waals surface area contributed by atoms with E-state index in [1.807, 2.05) is 59.8 Å². The first-order chi connectivity index (χ1) is 22.5. The fraction of sp³-hybridized carbons (Fsp3) is 0.564. The van der Waals surface area contributed by atoms with E-state index >= 15 is 4.79 Å². The number of ketones is 2. The number of aromatic hydroxyl groups is 1. The van der Waals surface area contributed by atoms with Gasteiger partial charge in [-0.25, -0.2) is 4.79 Å². The number of rotatable bonds is 10. The molecule has 4 fully saturated rings. The number of aliphatic carboxylic acids is 1. The van der Waals surface area contributed by atoms with Crippen LogP contribution in [-0.2, 0) is 25.5 Å². The summed E-state index contributed by atoms with van der Waals surface area (Å²) in [6.45, 7) is 16.0. The van der Waals surface area contributed by atoms with Crippen molar-refractivity contribution < 1.29 is 43.5 Å². The van der Waals surface area contributed by atoms with Crippen molar-refractivity contribution in [2.45, 2.75) is 116 Å². The molecule has 9 heteroatoms. The summed E-state index contributed by atoms with van der Waals surface area (Å²) in [5.74, 6) is -3.41. The molecule has 258 valence electrons. The number of phenols is 1. The number of benzene rings is 1. The topological polar surface area (TPSA) is 129 Å². The number of Topliss-reactive ketones (excluding diaryl/α,β-unsaturated/α-hetero) is 2. The van der Waals surface area contributed by atoms with Crippen LogP contribution in [-0.4, -0.2) is 62.9 Å². The van der Waals surface area contributed by atoms with Gasteiger partial charge in [-0.3, -0.25) is 9.59 Å². The lowest BCUT2D eigenvalue weighted by Crippen LogP contribution is -2.80. The van der Waals surface area contributed by atoms with Crippen LogP contribution in [0.3, 0.4) is 0 Å². The summed E-state index contributed by atoms with van der Waals surface area (Å²) in [5.41, 5.74) is -1.41. The van der Waals surface area contributed by atoms with Crippen molar-refractivity contribution in [3.8, 4) is 17.2 Å². The van der Waals surface area contributed by atoms with E-state index in [2.05, 4.69) is 19.9 Å². The second kappa shape index (κ2) is 11.7. The lowest BCUT2D eigenvalue weighted by Gasteiger charge is -2.62. The number of allylic oxidation sites excluding steroid dienone is 4. The summed E-state index contributed by atoms with van der Waals surface area (Å²) in [5, 5.41) is 21.4. The highest BCUT2D eigenvalue weighted by atomic mass is 16.6. The first-order valence-corrected chi connectivity index (χ1v) is 17.1. The number of hydrogen-bond acceptors (Lipinski definition) is 8. The number of fused-ring (bicyclic) bond motifs is 2. The maximum Gasteiger partial charge on any atom is 0.327 e. The Bertz CT molecular complexity index is 1690. The molecule has 3 heterocycles. The van der Waals surface area contributed by atoms with Crippen LogP contribution in [0.15, 0.2) is 41.5 Å². The maximum absolute atomic E-state index is 15.1. The van der Waals surface area contributed by atoms with Gasteiger partial charge in [0.2, 0.25) is 0 Å². The van der Waals surface area contributed by atoms with Crippen LogP contribution < -0.4 is 9.47 Å². The Hall–Kier alpha value is -3.69. The molecule has 1 saturated heterocycles. The maximum atomic E-state index is 15.1. The van der Waals surface area contributed by atoms with Gasteiger partial charge in [0.15, 0.2) is 22.8 Å². The molecule has 1 aromatic rings. The molecule has 9 nitrogen and oxygen atoms in total. The molecule has 7 rings (SSSR count). The van der Waals surface area contributed by atoms with E-state index in [0.717, 1.165) is 18.1 Å². The average molecular weight is 661 g/mol. The van der Waals surface area contributed by atoms with Gasteiger partial charge >= 0.3 is 5.97 Å². The zero-order chi connectivity index (χ0) is 35.0. The molecular formula is C39H48O9. The summed E-state index contributed by atoms with van der Waals surface area (Å²) in [4.78, 5) is 41.3. The number of carbonyl (C=O) groups is 3. The highest BCUT2D eigenvalue weighted by Crippen LogP contribution is 2.70. The van der Waals surface area contributed by atoms with E-state index in [9.17, 15) is 19.8 Å². The van der Waals surface area contributed by atoms with Gasteiger partial charge in [0.1, 0.15) is 28.4 Å². The Morgan fingerprint density at radius 2 is 1.77 bits per heavy atom. The minimum atomic E-state index is -1.65. The molecule has 3 aliphatic heterocycles. The fourth-order valence-electron chi connectivity index (χ4n) is 9.08. The number of ether oxygens (including phenoxy) is 4. The predicted octanol–water partition coefficient (Wildman–Crippen LogP) is 6.94. The van der Waals surface area contributed by atoms with Crippen LogP contribution >= 0.6 is 0 Å². The zero-order valence-corrected chi connectivity index (χ0v) is 29.3. The molecule has 4 bridgehead atoms. The van der Waals surface area contributed by atoms with Crippen LogP contribution in [0.1, 0.15) is 103 Å². The standard InChI is InChI=1S/C39H48O9/c1-9-45-34-25-20-26-36(6,7)48-38(35(25)44,18-11-13-27(40)41)39(26)29(34)31(43)28-30(42)23-16-19-37(8,17-10-12-21(2)3)46-32(23)24(33(28)47-39)15-14-22(4)5/h11-14,16,19,25-26,29,34,42H,9-10,15,17-18,20H2,1-8H3,(H,40,41)/b13-11+/t25-,26?,29?,34?,37+,38-,39-/m0/s1. The van der Waals surface area contributed by atoms with E-state index in [4.69, 9.17) is 18.9 Å². The van der Waals surface area contributed by atoms with Crippen LogP contribution in [0.5, 0.6) is 17.2 Å². The Labute approximate surface area is 282 Å². The van der Waals surface area contributed by atoms with E-state index < -0.39 is 52.2 Å². The SMILES string of the molecule is CCOC1C2C(=O)c3c(O)c4c(c(CC=C(C)C)c3O[C@@]23C2C[C@@H]1C(=O)[C@]3(C/C=C/C(=O)O)OC2(C)C)O[C@](C)(CCC=C(C)C)C=C4. The quantitative estimate of drug-likeness (QED) is 0.203. The molecule has 1 spiro atoms. The van der Waals surface area contributed by atoms with Crippen molar-refractivity contribution in [1.82, 2.24) is 0 Å². The summed E-state index contributed by atoms with van der Waals surface area (Å²) >= 11 is 0. The molecule has 1 aromatic carbocycles. The van der Waals surface area contributed by atoms with Gasteiger partial charge in [0.25, 0.3) is 0 Å². The zero-order valence-electron chi connectivity index (χ0n) is 29.3. The molecule has 3 unspecified atom stereocenters. The summed E-state index contributed by atoms with van der Waals surface area (Å²) in [6.07, 6.45) is 11.7. The van der Waals surface area contributed by atoms with Crippen molar-refractivity contribution in [1.29, 1.82) is 0 Å². The smallest absolute Gasteiger partial charge is 0.327 e. The Morgan fingerprint density at radius 1 is 1.06 bits per heavy atom. The van der Waals surface area contributed by atoms with Gasteiger partial charge in [-0.2, -0.15) is 0 Å². The highest BCUT2D eigenvalue weighted by Gasteiger charge is 2.85. The van der Waals surface area contributed by atoms with E-state index in [1.54, 1.807) is 0 Å². The lowest BCUT2D eigenvalue weighted by atomic mass is 9.45. The minimum Gasteiger partial charge on any atom is -0.506 e. The Balaban J connectivity index is 1.61. The lowest BCUT2D eigenvalue weighted by molar-refractivity contribution is -0.226.